The van der Waals surface area contributed by atoms with Crippen LogP contribution in [0.5, 0.6) is 23.0 Å². The van der Waals surface area contributed by atoms with E-state index in [4.69, 9.17) is 0 Å². The van der Waals surface area contributed by atoms with Crippen LogP contribution in [0, 0.1) is 0 Å². The number of Topliss-reactive ketones (excluding diaryl/α,β-unsaturated/α-hetero) is 2. The number of phenols is 4. The summed E-state index contributed by atoms with van der Waals surface area (Å²) in [6.07, 6.45) is -0.370. The Bertz CT molecular complexity index is 714. The van der Waals surface area contributed by atoms with Crippen LogP contribution in [-0.4, -0.2) is 32.0 Å². The predicted octanol–water partition coefficient (Wildman–Crippen LogP) is 2.19. The zero-order valence-electron chi connectivity index (χ0n) is 12.4. The van der Waals surface area contributed by atoms with Gasteiger partial charge in [0.2, 0.25) is 0 Å². The quantitative estimate of drug-likeness (QED) is 0.629. The Morgan fingerprint density at radius 2 is 1.30 bits per heavy atom. The molecule has 0 fully saturated rings. The van der Waals surface area contributed by atoms with Crippen LogP contribution in [0.25, 0.3) is 0 Å². The largest absolute Gasteiger partial charge is 0.508 e. The van der Waals surface area contributed by atoms with Crippen molar-refractivity contribution in [1.82, 2.24) is 0 Å². The highest BCUT2D eigenvalue weighted by Crippen LogP contribution is 2.39. The minimum Gasteiger partial charge on any atom is -0.508 e. The van der Waals surface area contributed by atoms with E-state index in [2.05, 4.69) is 0 Å². The SMILES string of the molecule is CC(=O)CC(=O)C(c1ccc(O)cc1O)c1ccc(O)cc1O. The highest BCUT2D eigenvalue weighted by molar-refractivity contribution is 6.03. The number of benzene rings is 2. The van der Waals surface area contributed by atoms with Gasteiger partial charge in [-0.2, -0.15) is 0 Å². The first-order valence-corrected chi connectivity index (χ1v) is 6.85. The maximum Gasteiger partial charge on any atom is 0.152 e. The molecule has 0 bridgehead atoms. The molecule has 4 N–H and O–H groups in total. The summed E-state index contributed by atoms with van der Waals surface area (Å²) in [5, 5.41) is 38.8. The van der Waals surface area contributed by atoms with Gasteiger partial charge in [0.25, 0.3) is 0 Å². The first-order chi connectivity index (χ1) is 10.8. The lowest BCUT2D eigenvalue weighted by atomic mass is 9.84. The minimum atomic E-state index is -1.10. The summed E-state index contributed by atoms with van der Waals surface area (Å²) in [7, 11) is 0. The summed E-state index contributed by atoms with van der Waals surface area (Å²) in [5.74, 6) is -2.99. The smallest absolute Gasteiger partial charge is 0.152 e. The molecule has 0 radical (unpaired) electrons. The summed E-state index contributed by atoms with van der Waals surface area (Å²) in [6.45, 7) is 1.27. The van der Waals surface area contributed by atoms with E-state index in [-0.39, 0.29) is 46.3 Å². The molecule has 0 saturated carbocycles. The van der Waals surface area contributed by atoms with Crippen LogP contribution in [0.3, 0.4) is 0 Å². The molecule has 0 unspecified atom stereocenters. The van der Waals surface area contributed by atoms with Crippen LogP contribution >= 0.6 is 0 Å². The fraction of sp³-hybridized carbons (Fsp3) is 0.176. The number of hydrogen-bond donors (Lipinski definition) is 4. The van der Waals surface area contributed by atoms with Gasteiger partial charge in [-0.15, -0.1) is 0 Å². The molecule has 6 nitrogen and oxygen atoms in total. The second kappa shape index (κ2) is 6.39. The third-order valence-corrected chi connectivity index (χ3v) is 3.40. The van der Waals surface area contributed by atoms with Gasteiger partial charge in [0.15, 0.2) is 5.78 Å². The molecule has 23 heavy (non-hydrogen) atoms. The van der Waals surface area contributed by atoms with E-state index >= 15 is 0 Å². The summed E-state index contributed by atoms with van der Waals surface area (Å²) in [6, 6.07) is 7.42. The number of hydrogen-bond acceptors (Lipinski definition) is 6. The molecular formula is C17H16O6. The standard InChI is InChI=1S/C17H16O6/c1-9(18)6-16(23)17(12-4-2-10(19)7-14(12)21)13-5-3-11(20)8-15(13)22/h2-5,7-8,17,19-22H,6H2,1H3. The fourth-order valence-electron chi connectivity index (χ4n) is 2.41. The van der Waals surface area contributed by atoms with Crippen molar-refractivity contribution in [3.05, 3.63) is 47.5 Å². The Morgan fingerprint density at radius 1 is 0.870 bits per heavy atom. The van der Waals surface area contributed by atoms with Gasteiger partial charge in [0, 0.05) is 23.3 Å². The highest BCUT2D eigenvalue weighted by atomic mass is 16.3. The second-order valence-electron chi connectivity index (χ2n) is 5.26. The van der Waals surface area contributed by atoms with Gasteiger partial charge in [0.05, 0.1) is 12.3 Å². The molecule has 0 aliphatic carbocycles. The van der Waals surface area contributed by atoms with Crippen molar-refractivity contribution in [2.45, 2.75) is 19.3 Å². The van der Waals surface area contributed by atoms with Gasteiger partial charge in [-0.25, -0.2) is 0 Å². The molecule has 0 saturated heterocycles. The molecule has 2 aromatic rings. The van der Waals surface area contributed by atoms with Gasteiger partial charge < -0.3 is 20.4 Å². The first-order valence-electron chi connectivity index (χ1n) is 6.85. The van der Waals surface area contributed by atoms with Gasteiger partial charge in [-0.1, -0.05) is 12.1 Å². The molecule has 120 valence electrons. The molecule has 2 aromatic carbocycles. The van der Waals surface area contributed by atoms with Crippen molar-refractivity contribution in [3.8, 4) is 23.0 Å². The third kappa shape index (κ3) is 3.60. The Hall–Kier alpha value is -3.02. The molecule has 0 spiro atoms. The van der Waals surface area contributed by atoms with E-state index in [0.717, 1.165) is 12.1 Å². The molecule has 0 atom stereocenters. The number of ketones is 2. The summed E-state index contributed by atoms with van der Waals surface area (Å²) >= 11 is 0. The van der Waals surface area contributed by atoms with Gasteiger partial charge in [0.1, 0.15) is 28.8 Å². The van der Waals surface area contributed by atoms with Gasteiger partial charge in [-0.3, -0.25) is 9.59 Å². The molecule has 0 heterocycles. The van der Waals surface area contributed by atoms with Crippen LogP contribution in [-0.2, 0) is 9.59 Å². The number of aromatic hydroxyl groups is 4. The maximum atomic E-state index is 12.5. The van der Waals surface area contributed by atoms with E-state index in [9.17, 15) is 30.0 Å². The Morgan fingerprint density at radius 3 is 1.65 bits per heavy atom. The van der Waals surface area contributed by atoms with Gasteiger partial charge >= 0.3 is 0 Å². The van der Waals surface area contributed by atoms with Crippen molar-refractivity contribution in [3.63, 3.8) is 0 Å². The van der Waals surface area contributed by atoms with E-state index in [0.29, 0.717) is 0 Å². The number of carbonyl (C=O) groups is 2. The second-order valence-corrected chi connectivity index (χ2v) is 5.26. The van der Waals surface area contributed by atoms with Crippen molar-refractivity contribution in [2.75, 3.05) is 0 Å². The van der Waals surface area contributed by atoms with Crippen LogP contribution < -0.4 is 0 Å². The zero-order valence-corrected chi connectivity index (χ0v) is 12.4. The van der Waals surface area contributed by atoms with Crippen LogP contribution in [0.1, 0.15) is 30.4 Å². The third-order valence-electron chi connectivity index (χ3n) is 3.40. The summed E-state index contributed by atoms with van der Waals surface area (Å²) in [4.78, 5) is 23.7. The minimum absolute atomic E-state index is 0.148. The fourth-order valence-corrected chi connectivity index (χ4v) is 2.41. The molecule has 0 aromatic heterocycles. The average molecular weight is 316 g/mol. The van der Waals surface area contributed by atoms with Crippen LogP contribution in [0.2, 0.25) is 0 Å². The molecule has 6 heteroatoms. The maximum absolute atomic E-state index is 12.5. The van der Waals surface area contributed by atoms with Crippen LogP contribution in [0.15, 0.2) is 36.4 Å². The number of phenolic OH excluding ortho intramolecular Hbond substituents is 4. The summed E-state index contributed by atoms with van der Waals surface area (Å²) < 4.78 is 0. The molecule has 2 rings (SSSR count). The highest BCUT2D eigenvalue weighted by Gasteiger charge is 2.28. The number of carbonyl (C=O) groups excluding carboxylic acids is 2. The van der Waals surface area contributed by atoms with Gasteiger partial charge in [-0.05, 0) is 19.1 Å². The molecule has 0 amide bonds. The lowest BCUT2D eigenvalue weighted by Crippen LogP contribution is -2.17. The lowest BCUT2D eigenvalue weighted by molar-refractivity contribution is -0.126. The van der Waals surface area contributed by atoms with Crippen molar-refractivity contribution >= 4 is 11.6 Å². The Labute approximate surface area is 132 Å². The monoisotopic (exact) mass is 316 g/mol. The Balaban J connectivity index is 2.60. The van der Waals surface area contributed by atoms with E-state index in [1.807, 2.05) is 0 Å². The Kier molecular flexibility index (Phi) is 4.55. The number of rotatable bonds is 5. The van der Waals surface area contributed by atoms with Crippen molar-refractivity contribution in [1.29, 1.82) is 0 Å². The molecular weight excluding hydrogens is 300 g/mol. The normalized spacial score (nSPS) is 10.7. The molecule has 0 aliphatic rings. The topological polar surface area (TPSA) is 115 Å². The first kappa shape index (κ1) is 16.4. The van der Waals surface area contributed by atoms with E-state index < -0.39 is 11.7 Å². The molecule has 0 aliphatic heterocycles. The lowest BCUT2D eigenvalue weighted by Gasteiger charge is -2.19. The van der Waals surface area contributed by atoms with Crippen molar-refractivity contribution in [2.24, 2.45) is 0 Å². The average Bonchev–Trinajstić information content (AvgIpc) is 2.42. The van der Waals surface area contributed by atoms with E-state index in [1.54, 1.807) is 0 Å². The van der Waals surface area contributed by atoms with Crippen LogP contribution in [0.4, 0.5) is 0 Å². The van der Waals surface area contributed by atoms with E-state index in [1.165, 1.54) is 31.2 Å². The van der Waals surface area contributed by atoms with Crippen molar-refractivity contribution < 1.29 is 30.0 Å². The zero-order chi connectivity index (χ0) is 17.1. The summed E-state index contributed by atoms with van der Waals surface area (Å²) in [5.41, 5.74) is 0.296. The predicted molar refractivity (Wildman–Crippen MR) is 81.7 cm³/mol.